The van der Waals surface area contributed by atoms with Gasteiger partial charge in [-0.15, -0.1) is 0 Å². The Balaban J connectivity index is 1.79. The molecule has 1 heterocycles. The lowest BCUT2D eigenvalue weighted by Crippen LogP contribution is -2.17. The van der Waals surface area contributed by atoms with Crippen LogP contribution >= 0.6 is 15.9 Å². The number of nitrogens with one attached hydrogen (secondary N) is 1. The fourth-order valence-corrected chi connectivity index (χ4v) is 3.39. The number of hydrogen-bond donors (Lipinski definition) is 1. The number of carbonyl (C=O) groups is 1. The van der Waals surface area contributed by atoms with Crippen molar-refractivity contribution in [1.29, 1.82) is 0 Å². The largest absolute Gasteiger partial charge is 0.497 e. The van der Waals surface area contributed by atoms with Gasteiger partial charge in [-0.05, 0) is 62.7 Å². The molecule has 0 aliphatic heterocycles. The van der Waals surface area contributed by atoms with E-state index in [-0.39, 0.29) is 5.91 Å². The Labute approximate surface area is 173 Å². The monoisotopic (exact) mass is 439 g/mol. The van der Waals surface area contributed by atoms with Crippen LogP contribution in [0, 0.1) is 20.8 Å². The minimum atomic E-state index is -0.286. The highest BCUT2D eigenvalue weighted by atomic mass is 79.9. The van der Waals surface area contributed by atoms with Crippen LogP contribution in [0.3, 0.4) is 0 Å². The average Bonchev–Trinajstić information content (AvgIpc) is 2.97. The molecule has 1 N–H and O–H groups in total. The van der Waals surface area contributed by atoms with E-state index in [1.54, 1.807) is 37.6 Å². The molecule has 5 nitrogen and oxygen atoms in total. The van der Waals surface area contributed by atoms with Crippen molar-refractivity contribution in [1.82, 2.24) is 9.99 Å². The molecule has 0 spiro atoms. The highest BCUT2D eigenvalue weighted by molar-refractivity contribution is 9.10. The molecule has 0 bridgehead atoms. The van der Waals surface area contributed by atoms with Crippen molar-refractivity contribution in [2.45, 2.75) is 20.8 Å². The maximum absolute atomic E-state index is 12.3. The summed E-state index contributed by atoms with van der Waals surface area (Å²) in [6, 6.07) is 15.3. The smallest absolute Gasteiger partial charge is 0.271 e. The van der Waals surface area contributed by atoms with Crippen molar-refractivity contribution in [3.63, 3.8) is 0 Å². The maximum Gasteiger partial charge on any atom is 0.271 e. The van der Waals surface area contributed by atoms with Gasteiger partial charge in [0.05, 0.1) is 13.3 Å². The molecular weight excluding hydrogens is 418 g/mol. The Hall–Kier alpha value is -2.86. The lowest BCUT2D eigenvalue weighted by Gasteiger charge is -2.11. The topological polar surface area (TPSA) is 55.6 Å². The van der Waals surface area contributed by atoms with E-state index in [0.29, 0.717) is 11.3 Å². The zero-order chi connectivity index (χ0) is 20.3. The molecule has 3 aromatic rings. The van der Waals surface area contributed by atoms with Gasteiger partial charge in [0.2, 0.25) is 0 Å². The van der Waals surface area contributed by atoms with E-state index in [9.17, 15) is 4.79 Å². The molecule has 0 radical (unpaired) electrons. The first-order valence-electron chi connectivity index (χ1n) is 8.83. The Kier molecular flexibility index (Phi) is 5.99. The first-order valence-corrected chi connectivity index (χ1v) is 9.63. The highest BCUT2D eigenvalue weighted by Crippen LogP contribution is 2.24. The van der Waals surface area contributed by atoms with Crippen molar-refractivity contribution in [2.75, 3.05) is 7.11 Å². The number of aromatic nitrogens is 1. The molecule has 0 fully saturated rings. The van der Waals surface area contributed by atoms with Gasteiger partial charge >= 0.3 is 0 Å². The predicted octanol–water partition coefficient (Wildman–Crippen LogP) is 4.94. The second kappa shape index (κ2) is 8.44. The number of nitrogens with zero attached hydrogens (tertiary/aromatic N) is 2. The Morgan fingerprint density at radius 1 is 1.14 bits per heavy atom. The Morgan fingerprint density at radius 2 is 1.93 bits per heavy atom. The van der Waals surface area contributed by atoms with Crippen LogP contribution in [0.4, 0.5) is 0 Å². The molecule has 1 amide bonds. The molecular formula is C22H22BrN3O2. The molecule has 28 heavy (non-hydrogen) atoms. The first-order chi connectivity index (χ1) is 13.4. The fourth-order valence-electron chi connectivity index (χ4n) is 3.03. The fraction of sp³-hybridized carbons (Fsp3) is 0.182. The van der Waals surface area contributed by atoms with E-state index in [2.05, 4.69) is 56.1 Å². The number of carbonyl (C=O) groups excluding carboxylic acids is 1. The van der Waals surface area contributed by atoms with Gasteiger partial charge in [-0.2, -0.15) is 5.10 Å². The van der Waals surface area contributed by atoms with Crippen LogP contribution in [0.15, 0.2) is 58.1 Å². The third kappa shape index (κ3) is 4.17. The van der Waals surface area contributed by atoms with Crippen LogP contribution in [-0.4, -0.2) is 23.8 Å². The van der Waals surface area contributed by atoms with Gasteiger partial charge in [-0.3, -0.25) is 4.79 Å². The lowest BCUT2D eigenvalue weighted by atomic mass is 10.2. The van der Waals surface area contributed by atoms with E-state index < -0.39 is 0 Å². The van der Waals surface area contributed by atoms with Crippen LogP contribution < -0.4 is 10.2 Å². The van der Waals surface area contributed by atoms with Crippen molar-refractivity contribution in [2.24, 2.45) is 5.10 Å². The van der Waals surface area contributed by atoms with Crippen LogP contribution in [-0.2, 0) is 0 Å². The molecule has 0 unspecified atom stereocenters. The predicted molar refractivity (Wildman–Crippen MR) is 116 cm³/mol. The van der Waals surface area contributed by atoms with Crippen molar-refractivity contribution in [3.05, 3.63) is 81.1 Å². The van der Waals surface area contributed by atoms with E-state index in [0.717, 1.165) is 27.1 Å². The summed E-state index contributed by atoms with van der Waals surface area (Å²) >= 11 is 3.59. The zero-order valence-corrected chi connectivity index (χ0v) is 17.9. The lowest BCUT2D eigenvalue weighted by molar-refractivity contribution is 0.0955. The van der Waals surface area contributed by atoms with Gasteiger partial charge in [-0.1, -0.05) is 28.1 Å². The van der Waals surface area contributed by atoms with Gasteiger partial charge in [0.25, 0.3) is 5.91 Å². The van der Waals surface area contributed by atoms with E-state index in [4.69, 9.17) is 4.74 Å². The number of methoxy groups -OCH3 is 1. The molecule has 0 aliphatic rings. The minimum Gasteiger partial charge on any atom is -0.497 e. The van der Waals surface area contributed by atoms with E-state index >= 15 is 0 Å². The third-order valence-electron chi connectivity index (χ3n) is 4.59. The van der Waals surface area contributed by atoms with Crippen molar-refractivity contribution >= 4 is 28.1 Å². The second-order valence-electron chi connectivity index (χ2n) is 6.53. The standard InChI is InChI=1S/C22H22BrN3O2/c1-14-8-9-19(12-21(14)23)26-15(2)10-18(16(26)3)13-24-25-22(27)17-6-5-7-20(11-17)28-4/h5-13H,1-4H3,(H,25,27)/b24-13+. The summed E-state index contributed by atoms with van der Waals surface area (Å²) in [6.45, 7) is 6.14. The molecule has 0 saturated heterocycles. The Morgan fingerprint density at radius 3 is 2.64 bits per heavy atom. The number of ether oxygens (including phenoxy) is 1. The van der Waals surface area contributed by atoms with Gasteiger partial charge in [0, 0.05) is 32.7 Å². The summed E-state index contributed by atoms with van der Waals surface area (Å²) in [5, 5.41) is 4.13. The van der Waals surface area contributed by atoms with Crippen LogP contribution in [0.5, 0.6) is 5.75 Å². The molecule has 1 aromatic heterocycles. The highest BCUT2D eigenvalue weighted by Gasteiger charge is 2.11. The number of halogens is 1. The normalized spacial score (nSPS) is 11.0. The number of amides is 1. The number of benzene rings is 2. The van der Waals surface area contributed by atoms with Gasteiger partial charge in [0.1, 0.15) is 5.75 Å². The molecule has 144 valence electrons. The van der Waals surface area contributed by atoms with E-state index in [1.807, 2.05) is 19.9 Å². The zero-order valence-electron chi connectivity index (χ0n) is 16.3. The number of rotatable bonds is 5. The van der Waals surface area contributed by atoms with Crippen LogP contribution in [0.2, 0.25) is 0 Å². The minimum absolute atomic E-state index is 0.286. The van der Waals surface area contributed by atoms with Crippen molar-refractivity contribution in [3.8, 4) is 11.4 Å². The summed E-state index contributed by atoms with van der Waals surface area (Å²) in [4.78, 5) is 12.3. The van der Waals surface area contributed by atoms with Gasteiger partial charge < -0.3 is 9.30 Å². The molecule has 0 aliphatic carbocycles. The Bertz CT molecular complexity index is 1050. The summed E-state index contributed by atoms with van der Waals surface area (Å²) in [5.41, 5.74) is 8.41. The quantitative estimate of drug-likeness (QED) is 0.452. The van der Waals surface area contributed by atoms with Gasteiger partial charge in [-0.25, -0.2) is 5.43 Å². The number of aryl methyl sites for hydroxylation is 2. The molecule has 6 heteroatoms. The summed E-state index contributed by atoms with van der Waals surface area (Å²) < 4.78 is 8.37. The number of hydrazone groups is 1. The van der Waals surface area contributed by atoms with Crippen LogP contribution in [0.1, 0.15) is 32.9 Å². The van der Waals surface area contributed by atoms with Crippen molar-refractivity contribution < 1.29 is 9.53 Å². The SMILES string of the molecule is COc1cccc(C(=O)N/N=C/c2cc(C)n(-c3ccc(C)c(Br)c3)c2C)c1. The maximum atomic E-state index is 12.3. The first kappa shape index (κ1) is 19.9. The summed E-state index contributed by atoms with van der Waals surface area (Å²) in [5.74, 6) is 0.343. The number of hydrogen-bond acceptors (Lipinski definition) is 3. The summed E-state index contributed by atoms with van der Waals surface area (Å²) in [6.07, 6.45) is 1.67. The van der Waals surface area contributed by atoms with E-state index in [1.165, 1.54) is 5.56 Å². The third-order valence-corrected chi connectivity index (χ3v) is 5.44. The molecule has 2 aromatic carbocycles. The second-order valence-corrected chi connectivity index (χ2v) is 7.38. The average molecular weight is 440 g/mol. The molecule has 0 saturated carbocycles. The summed E-state index contributed by atoms with van der Waals surface area (Å²) in [7, 11) is 1.57. The van der Waals surface area contributed by atoms with Crippen LogP contribution in [0.25, 0.3) is 5.69 Å². The molecule has 3 rings (SSSR count). The van der Waals surface area contributed by atoms with Gasteiger partial charge in [0.15, 0.2) is 0 Å². The molecule has 0 atom stereocenters.